The number of hydrogen-bond acceptors (Lipinski definition) is 12. The first-order chi connectivity index (χ1) is 21.6. The average Bonchev–Trinajstić information content (AvgIpc) is 3.43. The highest BCUT2D eigenvalue weighted by Crippen LogP contribution is 2.48. The van der Waals surface area contributed by atoms with Gasteiger partial charge in [-0.2, -0.15) is 13.2 Å². The Kier molecular flexibility index (Phi) is 13.3. The zero-order valence-electron chi connectivity index (χ0n) is 25.4. The summed E-state index contributed by atoms with van der Waals surface area (Å²) in [7, 11) is -3.13. The van der Waals surface area contributed by atoms with Gasteiger partial charge in [0, 0.05) is 32.2 Å². The number of anilines is 4. The highest BCUT2D eigenvalue weighted by molar-refractivity contribution is 7.53. The average molecular weight is 708 g/mol. The zero-order valence-corrected chi connectivity index (χ0v) is 27.9. The molecule has 0 radical (unpaired) electrons. The molecule has 0 saturated carbocycles. The fraction of sp³-hybridized carbons (Fsp3) is 0.444. The van der Waals surface area contributed by atoms with E-state index in [0.29, 0.717) is 71.8 Å². The standard InChI is InChI=1S/C25H33ClN7O4PS.C2HF3O2/c1-5-36-38(35,37-6-2)16-32-10-12-33(13-11-32)22-14-21(28-18(4)29-22)30-25-27-15-20(39-25)24(34)31-23-17(3)8-7-9-19(23)26;3-2(4,5)1(6)7/h7-9,14-15H,5-6,10-13,16H2,1-4H3,(H,31,34)(H,27,28,29,30);(H,6,7). The van der Waals surface area contributed by atoms with Crippen molar-refractivity contribution in [1.82, 2.24) is 19.9 Å². The van der Waals surface area contributed by atoms with Crippen molar-refractivity contribution in [3.63, 3.8) is 0 Å². The Morgan fingerprint density at radius 1 is 1.11 bits per heavy atom. The summed E-state index contributed by atoms with van der Waals surface area (Å²) in [5, 5.41) is 14.2. The van der Waals surface area contributed by atoms with Gasteiger partial charge in [0.2, 0.25) is 0 Å². The zero-order chi connectivity index (χ0) is 34.1. The maximum Gasteiger partial charge on any atom is 0.490 e. The third-order valence-electron chi connectivity index (χ3n) is 6.21. The third-order valence-corrected chi connectivity index (χ3v) is 9.49. The molecule has 46 heavy (non-hydrogen) atoms. The fourth-order valence-corrected chi connectivity index (χ4v) is 6.95. The lowest BCUT2D eigenvalue weighted by Crippen LogP contribution is -2.47. The molecule has 3 heterocycles. The smallest absolute Gasteiger partial charge is 0.475 e. The van der Waals surface area contributed by atoms with Crippen LogP contribution in [-0.2, 0) is 18.4 Å². The van der Waals surface area contributed by atoms with E-state index < -0.39 is 19.7 Å². The van der Waals surface area contributed by atoms with Crippen molar-refractivity contribution in [3.05, 3.63) is 51.7 Å². The minimum absolute atomic E-state index is 0.272. The molecule has 13 nitrogen and oxygen atoms in total. The van der Waals surface area contributed by atoms with Crippen LogP contribution in [0.5, 0.6) is 0 Å². The van der Waals surface area contributed by atoms with Crippen molar-refractivity contribution in [2.24, 2.45) is 0 Å². The Balaban J connectivity index is 0.000000738. The van der Waals surface area contributed by atoms with E-state index >= 15 is 0 Å². The predicted molar refractivity (Wildman–Crippen MR) is 170 cm³/mol. The van der Waals surface area contributed by atoms with Crippen LogP contribution in [0.15, 0.2) is 30.5 Å². The lowest BCUT2D eigenvalue weighted by Gasteiger charge is -2.36. The van der Waals surface area contributed by atoms with Crippen molar-refractivity contribution in [2.45, 2.75) is 33.9 Å². The number of amides is 1. The van der Waals surface area contributed by atoms with Crippen LogP contribution >= 0.6 is 30.5 Å². The van der Waals surface area contributed by atoms with Gasteiger partial charge in [0.25, 0.3) is 5.91 Å². The van der Waals surface area contributed by atoms with Crippen LogP contribution in [0.4, 0.5) is 35.6 Å². The minimum Gasteiger partial charge on any atom is -0.475 e. The van der Waals surface area contributed by atoms with Gasteiger partial charge in [-0.05, 0) is 39.3 Å². The second-order valence-electron chi connectivity index (χ2n) is 9.69. The van der Waals surface area contributed by atoms with E-state index in [0.717, 1.165) is 11.4 Å². The Morgan fingerprint density at radius 3 is 2.30 bits per heavy atom. The molecular formula is C27H34ClF3N7O6PS. The van der Waals surface area contributed by atoms with Crippen molar-refractivity contribution in [3.8, 4) is 0 Å². The molecule has 4 rings (SSSR count). The number of hydrogen-bond donors (Lipinski definition) is 3. The summed E-state index contributed by atoms with van der Waals surface area (Å²) in [5.74, 6) is -1.07. The van der Waals surface area contributed by atoms with Crippen LogP contribution < -0.4 is 15.5 Å². The van der Waals surface area contributed by atoms with Crippen LogP contribution in [-0.4, -0.2) is 88.7 Å². The number of alkyl halides is 3. The summed E-state index contributed by atoms with van der Waals surface area (Å²) in [4.78, 5) is 39.8. The second kappa shape index (κ2) is 16.5. The van der Waals surface area contributed by atoms with E-state index in [-0.39, 0.29) is 12.2 Å². The quantitative estimate of drug-likeness (QED) is 0.195. The number of carboxylic acid groups (broad SMARTS) is 1. The molecule has 0 bridgehead atoms. The molecule has 0 spiro atoms. The molecule has 3 N–H and O–H groups in total. The normalized spacial score (nSPS) is 14.0. The third kappa shape index (κ3) is 10.9. The number of aromatic nitrogens is 3. The van der Waals surface area contributed by atoms with Gasteiger partial charge in [0.15, 0.2) is 5.13 Å². The number of aryl methyl sites for hydroxylation is 2. The summed E-state index contributed by atoms with van der Waals surface area (Å²) in [6, 6.07) is 7.32. The number of carbonyl (C=O) groups is 2. The summed E-state index contributed by atoms with van der Waals surface area (Å²) < 4.78 is 55.5. The van der Waals surface area contributed by atoms with E-state index in [1.54, 1.807) is 6.07 Å². The van der Waals surface area contributed by atoms with Crippen molar-refractivity contribution in [2.75, 3.05) is 61.2 Å². The van der Waals surface area contributed by atoms with Gasteiger partial charge < -0.3 is 29.7 Å². The van der Waals surface area contributed by atoms with Crippen molar-refractivity contribution < 1.29 is 41.5 Å². The molecule has 1 fully saturated rings. The van der Waals surface area contributed by atoms with Gasteiger partial charge in [-0.3, -0.25) is 14.3 Å². The van der Waals surface area contributed by atoms with E-state index in [2.05, 4.69) is 35.4 Å². The van der Waals surface area contributed by atoms with Crippen molar-refractivity contribution in [1.29, 1.82) is 0 Å². The Morgan fingerprint density at radius 2 is 1.74 bits per heavy atom. The number of para-hydroxylation sites is 1. The lowest BCUT2D eigenvalue weighted by atomic mass is 10.2. The molecule has 1 aliphatic rings. The first-order valence-corrected chi connectivity index (χ1v) is 16.9. The molecule has 1 aromatic carbocycles. The van der Waals surface area contributed by atoms with Gasteiger partial charge in [0.05, 0.1) is 30.1 Å². The van der Waals surface area contributed by atoms with Crippen molar-refractivity contribution >= 4 is 64.9 Å². The highest BCUT2D eigenvalue weighted by atomic mass is 35.5. The van der Waals surface area contributed by atoms with Gasteiger partial charge in [-0.1, -0.05) is 35.1 Å². The van der Waals surface area contributed by atoms with Gasteiger partial charge in [-0.25, -0.2) is 19.7 Å². The van der Waals surface area contributed by atoms with Crippen LogP contribution in [0.1, 0.15) is 34.9 Å². The lowest BCUT2D eigenvalue weighted by molar-refractivity contribution is -0.192. The van der Waals surface area contributed by atoms with Gasteiger partial charge >= 0.3 is 19.7 Å². The minimum atomic E-state index is -5.08. The molecule has 1 aliphatic heterocycles. The summed E-state index contributed by atoms with van der Waals surface area (Å²) in [6.07, 6.45) is -3.29. The number of benzene rings is 1. The van der Waals surface area contributed by atoms with Crippen LogP contribution in [0, 0.1) is 13.8 Å². The number of nitrogens with one attached hydrogen (secondary N) is 2. The second-order valence-corrected chi connectivity index (χ2v) is 13.2. The number of rotatable bonds is 11. The maximum absolute atomic E-state index is 12.9. The molecule has 3 aromatic rings. The number of nitrogens with zero attached hydrogens (tertiary/aromatic N) is 5. The van der Waals surface area contributed by atoms with E-state index in [1.165, 1.54) is 17.5 Å². The Labute approximate surface area is 272 Å². The van der Waals surface area contributed by atoms with E-state index in [1.807, 2.05) is 45.9 Å². The van der Waals surface area contributed by atoms with Gasteiger partial charge in [0.1, 0.15) is 28.6 Å². The summed E-state index contributed by atoms with van der Waals surface area (Å²) in [5.41, 5.74) is 1.46. The molecule has 252 valence electrons. The molecular weight excluding hydrogens is 674 g/mol. The molecule has 19 heteroatoms. The number of thiazole rings is 1. The first-order valence-electron chi connectivity index (χ1n) is 13.9. The highest BCUT2D eigenvalue weighted by Gasteiger charge is 2.38. The molecule has 1 saturated heterocycles. The molecule has 0 atom stereocenters. The molecule has 1 amide bonds. The number of aliphatic carboxylic acids is 1. The predicted octanol–water partition coefficient (Wildman–Crippen LogP) is 6.18. The van der Waals surface area contributed by atoms with E-state index in [4.69, 9.17) is 30.5 Å². The molecule has 0 unspecified atom stereocenters. The number of carboxylic acids is 1. The Bertz CT molecular complexity index is 1530. The van der Waals surface area contributed by atoms with E-state index in [9.17, 15) is 22.5 Å². The van der Waals surface area contributed by atoms with Crippen LogP contribution in [0.2, 0.25) is 5.02 Å². The topological polar surface area (TPSA) is 159 Å². The summed E-state index contributed by atoms with van der Waals surface area (Å²) >= 11 is 7.46. The molecule has 2 aromatic heterocycles. The van der Waals surface area contributed by atoms with Gasteiger partial charge in [-0.15, -0.1) is 0 Å². The van der Waals surface area contributed by atoms with Crippen LogP contribution in [0.3, 0.4) is 0 Å². The monoisotopic (exact) mass is 707 g/mol. The first kappa shape index (κ1) is 37.1. The fourth-order valence-electron chi connectivity index (χ4n) is 4.17. The Hall–Kier alpha value is -3.34. The summed E-state index contributed by atoms with van der Waals surface area (Å²) in [6.45, 7) is 10.9. The number of halogens is 4. The number of carbonyl (C=O) groups excluding carboxylic acids is 1. The largest absolute Gasteiger partial charge is 0.490 e. The maximum atomic E-state index is 12.9. The van der Waals surface area contributed by atoms with Crippen LogP contribution in [0.25, 0.3) is 0 Å². The number of piperazine rings is 1. The SMILES string of the molecule is CCOP(=O)(CN1CCN(c2cc(Nc3ncc(C(=O)Nc4c(C)cccc4Cl)s3)nc(C)n2)CC1)OCC.O=C(O)C(F)(F)F. The molecule has 0 aliphatic carbocycles.